The molecule has 0 radical (unpaired) electrons. The normalized spacial score (nSPS) is 43.9. The van der Waals surface area contributed by atoms with Crippen LogP contribution in [0.3, 0.4) is 0 Å². The minimum absolute atomic E-state index is 0.140. The van der Waals surface area contributed by atoms with Gasteiger partial charge in [-0.25, -0.2) is 0 Å². The van der Waals surface area contributed by atoms with Crippen LogP contribution in [0.2, 0.25) is 0 Å². The van der Waals surface area contributed by atoms with E-state index in [1.54, 1.807) is 6.08 Å². The fourth-order valence-corrected chi connectivity index (χ4v) is 7.08. The molecule has 0 aromatic carbocycles. The number of hydrogen-bond donors (Lipinski definition) is 1. The van der Waals surface area contributed by atoms with Crippen molar-refractivity contribution >= 4 is 11.8 Å². The van der Waals surface area contributed by atoms with Gasteiger partial charge in [0.05, 0.1) is 0 Å². The molecule has 3 heteroatoms. The van der Waals surface area contributed by atoms with Crippen molar-refractivity contribution in [3.05, 3.63) is 12.2 Å². The molecule has 146 valence electrons. The number of rotatable bonds is 5. The summed E-state index contributed by atoms with van der Waals surface area (Å²) >= 11 is 0. The largest absolute Gasteiger partial charge is 0.481 e. The van der Waals surface area contributed by atoms with Crippen LogP contribution in [0.4, 0.5) is 0 Å². The van der Waals surface area contributed by atoms with Crippen LogP contribution in [0.15, 0.2) is 12.2 Å². The first-order valence-corrected chi connectivity index (χ1v) is 10.7. The maximum Gasteiger partial charge on any atom is 0.303 e. The lowest BCUT2D eigenvalue weighted by Crippen LogP contribution is -2.50. The molecule has 0 saturated heterocycles. The standard InChI is InChI=1S/C23H36O3/c1-5-15(2)17-9-10-18-16(14-21(25)26)19(11-13-22(17,18)3)23(4)12-7-6-8-20(23)24/h6,8,15-19H,5,7,9-14H2,1-4H3,(H,25,26)/t15-,16-,17+,18-,19-,22+,23+/m0/s1. The molecular weight excluding hydrogens is 324 g/mol. The number of hydrogen-bond acceptors (Lipinski definition) is 2. The molecule has 0 spiro atoms. The summed E-state index contributed by atoms with van der Waals surface area (Å²) in [6.07, 6.45) is 11.5. The maximum absolute atomic E-state index is 12.8. The topological polar surface area (TPSA) is 54.4 Å². The van der Waals surface area contributed by atoms with E-state index in [1.807, 2.05) is 6.08 Å². The molecule has 7 atom stereocenters. The van der Waals surface area contributed by atoms with Gasteiger partial charge in [0.25, 0.3) is 0 Å². The van der Waals surface area contributed by atoms with Crippen LogP contribution in [0.25, 0.3) is 0 Å². The minimum atomic E-state index is -0.696. The number of allylic oxidation sites excluding steroid dienone is 2. The molecule has 0 bridgehead atoms. The zero-order valence-electron chi connectivity index (χ0n) is 17.0. The molecular formula is C23H36O3. The molecule has 0 unspecified atom stereocenters. The SMILES string of the molecule is CC[C@H](C)[C@H]1CC[C@H]2[C@H](CC(=O)O)[C@@H]([C@@]3(C)CCC=CC3=O)CC[C@]12C. The van der Waals surface area contributed by atoms with E-state index in [9.17, 15) is 14.7 Å². The van der Waals surface area contributed by atoms with E-state index < -0.39 is 5.97 Å². The second kappa shape index (κ2) is 7.13. The molecule has 3 aliphatic rings. The predicted molar refractivity (Wildman–Crippen MR) is 104 cm³/mol. The summed E-state index contributed by atoms with van der Waals surface area (Å²) < 4.78 is 0. The van der Waals surface area contributed by atoms with Crippen LogP contribution in [0.1, 0.15) is 79.1 Å². The number of fused-ring (bicyclic) bond motifs is 1. The first kappa shape index (κ1) is 19.6. The molecule has 3 nitrogen and oxygen atoms in total. The van der Waals surface area contributed by atoms with Crippen LogP contribution < -0.4 is 0 Å². The Morgan fingerprint density at radius 1 is 1.23 bits per heavy atom. The van der Waals surface area contributed by atoms with Crippen molar-refractivity contribution in [2.75, 3.05) is 0 Å². The summed E-state index contributed by atoms with van der Waals surface area (Å²) in [6, 6.07) is 0. The Morgan fingerprint density at radius 3 is 2.58 bits per heavy atom. The molecule has 26 heavy (non-hydrogen) atoms. The van der Waals surface area contributed by atoms with Crippen molar-refractivity contribution in [1.82, 2.24) is 0 Å². The summed E-state index contributed by atoms with van der Waals surface area (Å²) in [7, 11) is 0. The predicted octanol–water partition coefficient (Wildman–Crippen LogP) is 5.49. The van der Waals surface area contributed by atoms with Gasteiger partial charge in [-0.3, -0.25) is 9.59 Å². The van der Waals surface area contributed by atoms with Crippen LogP contribution in [-0.2, 0) is 9.59 Å². The van der Waals surface area contributed by atoms with Crippen LogP contribution in [0, 0.1) is 40.4 Å². The Labute approximate surface area is 158 Å². The Kier molecular flexibility index (Phi) is 5.38. The van der Waals surface area contributed by atoms with Crippen molar-refractivity contribution in [2.45, 2.75) is 79.1 Å². The lowest BCUT2D eigenvalue weighted by molar-refractivity contribution is -0.146. The second-order valence-corrected chi connectivity index (χ2v) is 9.81. The molecule has 2 saturated carbocycles. The highest BCUT2D eigenvalue weighted by molar-refractivity contribution is 5.95. The van der Waals surface area contributed by atoms with Gasteiger partial charge < -0.3 is 5.11 Å². The number of carboxylic acids is 1. The highest BCUT2D eigenvalue weighted by atomic mass is 16.4. The Balaban J connectivity index is 1.94. The average Bonchev–Trinajstić information content (AvgIpc) is 2.94. The zero-order valence-corrected chi connectivity index (χ0v) is 17.0. The Bertz CT molecular complexity index is 594. The number of carboxylic acid groups (broad SMARTS) is 1. The summed E-state index contributed by atoms with van der Waals surface area (Å²) in [5.41, 5.74) is -0.124. The zero-order chi connectivity index (χ0) is 19.1. The van der Waals surface area contributed by atoms with Crippen molar-refractivity contribution < 1.29 is 14.7 Å². The molecule has 1 N–H and O–H groups in total. The third-order valence-corrected chi connectivity index (χ3v) is 8.73. The Hall–Kier alpha value is -1.12. The minimum Gasteiger partial charge on any atom is -0.481 e. The summed E-state index contributed by atoms with van der Waals surface area (Å²) in [5, 5.41) is 9.66. The monoisotopic (exact) mass is 360 g/mol. The van der Waals surface area contributed by atoms with Crippen LogP contribution in [0.5, 0.6) is 0 Å². The van der Waals surface area contributed by atoms with Gasteiger partial charge in [0, 0.05) is 11.8 Å². The fourth-order valence-electron chi connectivity index (χ4n) is 7.08. The first-order chi connectivity index (χ1) is 12.2. The van der Waals surface area contributed by atoms with Crippen molar-refractivity contribution in [3.8, 4) is 0 Å². The average molecular weight is 361 g/mol. The molecule has 0 heterocycles. The molecule has 3 aliphatic carbocycles. The lowest BCUT2D eigenvalue weighted by Gasteiger charge is -2.54. The van der Waals surface area contributed by atoms with E-state index >= 15 is 0 Å². The molecule has 0 aliphatic heterocycles. The van der Waals surface area contributed by atoms with Gasteiger partial charge in [-0.15, -0.1) is 0 Å². The first-order valence-electron chi connectivity index (χ1n) is 10.7. The van der Waals surface area contributed by atoms with Crippen molar-refractivity contribution in [1.29, 1.82) is 0 Å². The third-order valence-electron chi connectivity index (χ3n) is 8.73. The summed E-state index contributed by atoms with van der Waals surface area (Å²) in [4.78, 5) is 24.6. The summed E-state index contributed by atoms with van der Waals surface area (Å²) in [6.45, 7) is 9.18. The molecule has 0 amide bonds. The number of ketones is 1. The molecule has 0 aromatic heterocycles. The van der Waals surface area contributed by atoms with Gasteiger partial charge in [-0.05, 0) is 79.6 Å². The van der Waals surface area contributed by atoms with E-state index in [2.05, 4.69) is 27.7 Å². The van der Waals surface area contributed by atoms with Crippen LogP contribution in [-0.4, -0.2) is 16.9 Å². The van der Waals surface area contributed by atoms with Crippen LogP contribution >= 0.6 is 0 Å². The van der Waals surface area contributed by atoms with E-state index in [1.165, 1.54) is 12.8 Å². The van der Waals surface area contributed by atoms with E-state index in [4.69, 9.17) is 0 Å². The van der Waals surface area contributed by atoms with Crippen molar-refractivity contribution in [2.24, 2.45) is 40.4 Å². The molecule has 2 fully saturated rings. The maximum atomic E-state index is 12.8. The quantitative estimate of drug-likeness (QED) is 0.705. The van der Waals surface area contributed by atoms with Gasteiger partial charge in [0.1, 0.15) is 0 Å². The number of carbonyl (C=O) groups excluding carboxylic acids is 1. The molecule has 0 aromatic rings. The van der Waals surface area contributed by atoms with E-state index in [0.29, 0.717) is 17.8 Å². The third kappa shape index (κ3) is 3.05. The summed E-state index contributed by atoms with van der Waals surface area (Å²) in [5.74, 6) is 1.73. The van der Waals surface area contributed by atoms with Crippen molar-refractivity contribution in [3.63, 3.8) is 0 Å². The second-order valence-electron chi connectivity index (χ2n) is 9.81. The van der Waals surface area contributed by atoms with Gasteiger partial charge in [-0.1, -0.05) is 40.2 Å². The fraction of sp³-hybridized carbons (Fsp3) is 0.826. The number of carbonyl (C=O) groups is 2. The van der Waals surface area contributed by atoms with E-state index in [0.717, 1.165) is 32.1 Å². The number of aliphatic carboxylic acids is 1. The smallest absolute Gasteiger partial charge is 0.303 e. The van der Waals surface area contributed by atoms with Gasteiger partial charge >= 0.3 is 5.97 Å². The highest BCUT2D eigenvalue weighted by Crippen LogP contribution is 2.64. The van der Waals surface area contributed by atoms with E-state index in [-0.39, 0.29) is 34.9 Å². The lowest BCUT2D eigenvalue weighted by atomic mass is 9.50. The Morgan fingerprint density at radius 2 is 1.96 bits per heavy atom. The molecule has 3 rings (SSSR count). The highest BCUT2D eigenvalue weighted by Gasteiger charge is 2.58. The van der Waals surface area contributed by atoms with Gasteiger partial charge in [0.15, 0.2) is 5.78 Å². The van der Waals surface area contributed by atoms with Gasteiger partial charge in [0.2, 0.25) is 0 Å². The van der Waals surface area contributed by atoms with Gasteiger partial charge in [-0.2, -0.15) is 0 Å².